The fraction of sp³-hybridized carbons (Fsp3) is 0.444. The largest absolute Gasteiger partial charge is 0.239 e. The third-order valence-electron chi connectivity index (χ3n) is 1.84. The Labute approximate surface area is 76.3 Å². The number of hydrogen-bond acceptors (Lipinski definition) is 3. The molecule has 4 heteroatoms. The lowest BCUT2D eigenvalue weighted by atomic mass is 9.90. The Morgan fingerprint density at radius 2 is 2.08 bits per heavy atom. The van der Waals surface area contributed by atoms with Crippen LogP contribution in [0.3, 0.4) is 0 Å². The molecule has 0 unspecified atom stereocenters. The predicted molar refractivity (Wildman–Crippen MR) is 45.4 cm³/mol. The molecule has 0 aliphatic carbocycles. The minimum Gasteiger partial charge on any atom is -0.239 e. The second-order valence-electron chi connectivity index (χ2n) is 3.36. The van der Waals surface area contributed by atoms with Gasteiger partial charge in [0.15, 0.2) is 5.82 Å². The van der Waals surface area contributed by atoms with Gasteiger partial charge in [0.25, 0.3) is 0 Å². The lowest BCUT2D eigenvalue weighted by Crippen LogP contribution is -2.19. The summed E-state index contributed by atoms with van der Waals surface area (Å²) in [6.45, 7) is 4.80. The average molecular weight is 179 g/mol. The Bertz CT molecular complexity index is 366. The van der Waals surface area contributed by atoms with Gasteiger partial charge in [-0.05, 0) is 20.8 Å². The number of rotatable bonds is 1. The number of halogens is 1. The number of hydrogen-bond donors (Lipinski definition) is 0. The highest BCUT2D eigenvalue weighted by Crippen LogP contribution is 2.22. The van der Waals surface area contributed by atoms with Crippen molar-refractivity contribution >= 4 is 0 Å². The Hall–Kier alpha value is -1.50. The molecule has 68 valence electrons. The summed E-state index contributed by atoms with van der Waals surface area (Å²) in [5.41, 5.74) is -0.478. The highest BCUT2D eigenvalue weighted by molar-refractivity contribution is 5.25. The topological polar surface area (TPSA) is 49.6 Å². The second-order valence-corrected chi connectivity index (χ2v) is 3.36. The van der Waals surface area contributed by atoms with Gasteiger partial charge in [-0.3, -0.25) is 0 Å². The normalized spacial score (nSPS) is 11.0. The predicted octanol–water partition coefficient (Wildman–Crippen LogP) is 1.73. The maximum absolute atomic E-state index is 13.4. The molecule has 3 nitrogen and oxygen atoms in total. The molecule has 0 aliphatic rings. The van der Waals surface area contributed by atoms with Crippen LogP contribution in [0.2, 0.25) is 0 Å². The van der Waals surface area contributed by atoms with Gasteiger partial charge in [-0.1, -0.05) is 0 Å². The minimum absolute atomic E-state index is 0.155. The summed E-state index contributed by atoms with van der Waals surface area (Å²) >= 11 is 0. The molecule has 0 radical (unpaired) electrons. The van der Waals surface area contributed by atoms with Crippen molar-refractivity contribution in [2.45, 2.75) is 26.2 Å². The average Bonchev–Trinajstić information content (AvgIpc) is 2.09. The van der Waals surface area contributed by atoms with E-state index in [1.165, 1.54) is 6.33 Å². The molecule has 0 atom stereocenters. The first-order valence-corrected chi connectivity index (χ1v) is 3.88. The lowest BCUT2D eigenvalue weighted by Gasteiger charge is -2.15. The van der Waals surface area contributed by atoms with Gasteiger partial charge >= 0.3 is 0 Å². The molecule has 0 aromatic carbocycles. The number of aromatic nitrogens is 2. The van der Waals surface area contributed by atoms with Crippen LogP contribution in [0.15, 0.2) is 6.33 Å². The standard InChI is InChI=1S/C9H10FN3/c1-6-7(10)8(13-5-12-6)9(2,3)4-11/h5H,1-3H3. The number of nitriles is 1. The van der Waals surface area contributed by atoms with E-state index in [2.05, 4.69) is 9.97 Å². The van der Waals surface area contributed by atoms with Crippen molar-refractivity contribution in [3.05, 3.63) is 23.5 Å². The molecule has 1 aromatic rings. The van der Waals surface area contributed by atoms with Gasteiger partial charge in [0.1, 0.15) is 6.33 Å². The zero-order valence-electron chi connectivity index (χ0n) is 7.80. The van der Waals surface area contributed by atoms with Crippen molar-refractivity contribution in [3.63, 3.8) is 0 Å². The summed E-state index contributed by atoms with van der Waals surface area (Å²) in [5.74, 6) is -0.492. The summed E-state index contributed by atoms with van der Waals surface area (Å²) in [5, 5.41) is 8.79. The van der Waals surface area contributed by atoms with Gasteiger partial charge < -0.3 is 0 Å². The second kappa shape index (κ2) is 3.09. The smallest absolute Gasteiger partial charge is 0.167 e. The summed E-state index contributed by atoms with van der Waals surface area (Å²) in [6.07, 6.45) is 1.27. The van der Waals surface area contributed by atoms with E-state index in [-0.39, 0.29) is 11.4 Å². The van der Waals surface area contributed by atoms with E-state index in [0.717, 1.165) is 0 Å². The molecule has 1 rings (SSSR count). The molecular formula is C9H10FN3. The van der Waals surface area contributed by atoms with E-state index in [0.29, 0.717) is 0 Å². The molecule has 1 heterocycles. The van der Waals surface area contributed by atoms with Gasteiger partial charge in [-0.25, -0.2) is 14.4 Å². The van der Waals surface area contributed by atoms with Crippen LogP contribution < -0.4 is 0 Å². The van der Waals surface area contributed by atoms with Gasteiger partial charge in [0, 0.05) is 0 Å². The van der Waals surface area contributed by atoms with Crippen molar-refractivity contribution in [1.82, 2.24) is 9.97 Å². The molecule has 0 fully saturated rings. The summed E-state index contributed by atoms with van der Waals surface area (Å²) in [4.78, 5) is 7.46. The van der Waals surface area contributed by atoms with Crippen LogP contribution in [0.25, 0.3) is 0 Å². The van der Waals surface area contributed by atoms with E-state index in [1.807, 2.05) is 6.07 Å². The third-order valence-corrected chi connectivity index (χ3v) is 1.84. The van der Waals surface area contributed by atoms with Crippen molar-refractivity contribution in [2.24, 2.45) is 0 Å². The van der Waals surface area contributed by atoms with Crippen LogP contribution in [-0.4, -0.2) is 9.97 Å². The highest BCUT2D eigenvalue weighted by Gasteiger charge is 2.26. The third kappa shape index (κ3) is 1.64. The first-order valence-electron chi connectivity index (χ1n) is 3.88. The first kappa shape index (κ1) is 9.59. The minimum atomic E-state index is -0.905. The van der Waals surface area contributed by atoms with Crippen LogP contribution in [0.5, 0.6) is 0 Å². The van der Waals surface area contributed by atoms with E-state index < -0.39 is 11.2 Å². The van der Waals surface area contributed by atoms with E-state index in [1.54, 1.807) is 20.8 Å². The molecule has 0 spiro atoms. The Morgan fingerprint density at radius 3 is 2.62 bits per heavy atom. The molecule has 0 bridgehead atoms. The van der Waals surface area contributed by atoms with Crippen molar-refractivity contribution in [3.8, 4) is 6.07 Å². The van der Waals surface area contributed by atoms with Gasteiger partial charge in [0.2, 0.25) is 0 Å². The van der Waals surface area contributed by atoms with Crippen LogP contribution >= 0.6 is 0 Å². The zero-order valence-corrected chi connectivity index (χ0v) is 7.80. The molecule has 1 aromatic heterocycles. The SMILES string of the molecule is Cc1ncnc(C(C)(C)C#N)c1F. The fourth-order valence-corrected chi connectivity index (χ4v) is 0.947. The van der Waals surface area contributed by atoms with Crippen LogP contribution in [-0.2, 0) is 5.41 Å². The van der Waals surface area contributed by atoms with E-state index in [4.69, 9.17) is 5.26 Å². The van der Waals surface area contributed by atoms with Gasteiger partial charge in [-0.2, -0.15) is 5.26 Å². The van der Waals surface area contributed by atoms with Crippen LogP contribution in [0.4, 0.5) is 4.39 Å². The molecule has 0 N–H and O–H groups in total. The lowest BCUT2D eigenvalue weighted by molar-refractivity contribution is 0.531. The number of aryl methyl sites for hydroxylation is 1. The Morgan fingerprint density at radius 1 is 1.46 bits per heavy atom. The first-order chi connectivity index (χ1) is 5.99. The molecular weight excluding hydrogens is 169 g/mol. The van der Waals surface area contributed by atoms with E-state index >= 15 is 0 Å². The van der Waals surface area contributed by atoms with Crippen LogP contribution in [0, 0.1) is 24.1 Å². The fourth-order valence-electron chi connectivity index (χ4n) is 0.947. The Balaban J connectivity index is 3.33. The molecule has 0 amide bonds. The van der Waals surface area contributed by atoms with E-state index in [9.17, 15) is 4.39 Å². The molecule has 0 saturated heterocycles. The number of nitrogens with zero attached hydrogens (tertiary/aromatic N) is 3. The quantitative estimate of drug-likeness (QED) is 0.659. The summed E-state index contributed by atoms with van der Waals surface area (Å²) in [7, 11) is 0. The van der Waals surface area contributed by atoms with Gasteiger partial charge in [-0.15, -0.1) is 0 Å². The molecule has 13 heavy (non-hydrogen) atoms. The summed E-state index contributed by atoms with van der Waals surface area (Å²) in [6, 6.07) is 2.00. The maximum atomic E-state index is 13.4. The Kier molecular flexibility index (Phi) is 2.28. The van der Waals surface area contributed by atoms with Crippen molar-refractivity contribution in [1.29, 1.82) is 5.26 Å². The molecule has 0 aliphatic heterocycles. The molecule has 0 saturated carbocycles. The van der Waals surface area contributed by atoms with Crippen molar-refractivity contribution in [2.75, 3.05) is 0 Å². The zero-order chi connectivity index (χ0) is 10.1. The van der Waals surface area contributed by atoms with Gasteiger partial charge in [0.05, 0.1) is 22.9 Å². The summed E-state index contributed by atoms with van der Waals surface area (Å²) < 4.78 is 13.4. The highest BCUT2D eigenvalue weighted by atomic mass is 19.1. The van der Waals surface area contributed by atoms with Crippen LogP contribution in [0.1, 0.15) is 25.2 Å². The maximum Gasteiger partial charge on any atom is 0.167 e. The monoisotopic (exact) mass is 179 g/mol. The van der Waals surface area contributed by atoms with Crippen molar-refractivity contribution < 1.29 is 4.39 Å².